The Kier molecular flexibility index (Phi) is 3.74. The maximum Gasteiger partial charge on any atom is 0.169 e. The van der Waals surface area contributed by atoms with Crippen LogP contribution in [0.15, 0.2) is 43.0 Å². The Bertz CT molecular complexity index is 300. The van der Waals surface area contributed by atoms with Crippen molar-refractivity contribution in [1.29, 1.82) is 5.26 Å². The van der Waals surface area contributed by atoms with Gasteiger partial charge in [-0.05, 0) is 5.56 Å². The van der Waals surface area contributed by atoms with E-state index >= 15 is 0 Å². The Labute approximate surface area is 78.1 Å². The van der Waals surface area contributed by atoms with Gasteiger partial charge in [-0.25, -0.2) is 0 Å². The SMILES string of the molecule is C=CCO[C@H](C#N)c1ccccc1. The van der Waals surface area contributed by atoms with Crippen LogP contribution in [-0.2, 0) is 4.74 Å². The van der Waals surface area contributed by atoms with Gasteiger partial charge in [-0.15, -0.1) is 6.58 Å². The van der Waals surface area contributed by atoms with Gasteiger partial charge in [0.15, 0.2) is 6.10 Å². The summed E-state index contributed by atoms with van der Waals surface area (Å²) in [6.07, 6.45) is 1.15. The highest BCUT2D eigenvalue weighted by atomic mass is 16.5. The minimum absolute atomic E-state index is 0.396. The fourth-order valence-electron chi connectivity index (χ4n) is 1.00. The minimum Gasteiger partial charge on any atom is -0.355 e. The summed E-state index contributed by atoms with van der Waals surface area (Å²) in [6.45, 7) is 3.92. The van der Waals surface area contributed by atoms with Crippen LogP contribution in [0.5, 0.6) is 0 Å². The summed E-state index contributed by atoms with van der Waals surface area (Å²) in [6, 6.07) is 11.5. The molecular formula is C11H11NO. The smallest absolute Gasteiger partial charge is 0.169 e. The number of hydrogen-bond acceptors (Lipinski definition) is 2. The van der Waals surface area contributed by atoms with Crippen molar-refractivity contribution in [3.05, 3.63) is 48.6 Å². The highest BCUT2D eigenvalue weighted by Gasteiger charge is 2.08. The molecule has 0 amide bonds. The van der Waals surface area contributed by atoms with Gasteiger partial charge < -0.3 is 4.74 Å². The first-order chi connectivity index (χ1) is 6.38. The van der Waals surface area contributed by atoms with Crippen LogP contribution in [-0.4, -0.2) is 6.61 Å². The molecule has 0 heterocycles. The summed E-state index contributed by atoms with van der Waals surface area (Å²) in [7, 11) is 0. The van der Waals surface area contributed by atoms with E-state index in [2.05, 4.69) is 12.6 Å². The molecule has 0 spiro atoms. The van der Waals surface area contributed by atoms with E-state index in [1.807, 2.05) is 30.3 Å². The van der Waals surface area contributed by atoms with Crippen LogP contribution in [0.4, 0.5) is 0 Å². The van der Waals surface area contributed by atoms with E-state index in [1.54, 1.807) is 6.08 Å². The third kappa shape index (κ3) is 2.73. The van der Waals surface area contributed by atoms with Gasteiger partial charge in [0, 0.05) is 0 Å². The van der Waals surface area contributed by atoms with E-state index < -0.39 is 6.10 Å². The summed E-state index contributed by atoms with van der Waals surface area (Å²) in [5, 5.41) is 8.80. The van der Waals surface area contributed by atoms with Gasteiger partial charge in [0.1, 0.15) is 0 Å². The molecule has 1 aromatic rings. The second-order valence-corrected chi connectivity index (χ2v) is 2.54. The number of hydrogen-bond donors (Lipinski definition) is 0. The highest BCUT2D eigenvalue weighted by Crippen LogP contribution is 2.15. The van der Waals surface area contributed by atoms with Crippen molar-refractivity contribution in [2.24, 2.45) is 0 Å². The molecule has 0 N–H and O–H groups in total. The van der Waals surface area contributed by atoms with E-state index in [4.69, 9.17) is 10.00 Å². The van der Waals surface area contributed by atoms with E-state index in [0.717, 1.165) is 5.56 Å². The molecule has 1 aromatic carbocycles. The molecule has 1 atom stereocenters. The van der Waals surface area contributed by atoms with E-state index in [-0.39, 0.29) is 0 Å². The minimum atomic E-state index is -0.487. The Morgan fingerprint density at radius 2 is 2.15 bits per heavy atom. The van der Waals surface area contributed by atoms with Crippen molar-refractivity contribution < 1.29 is 4.74 Å². The molecular weight excluding hydrogens is 162 g/mol. The molecule has 0 aliphatic heterocycles. The van der Waals surface area contributed by atoms with Crippen molar-refractivity contribution in [1.82, 2.24) is 0 Å². The summed E-state index contributed by atoms with van der Waals surface area (Å²) >= 11 is 0. The van der Waals surface area contributed by atoms with Crippen LogP contribution < -0.4 is 0 Å². The molecule has 0 fully saturated rings. The van der Waals surface area contributed by atoms with Gasteiger partial charge in [-0.1, -0.05) is 36.4 Å². The zero-order valence-corrected chi connectivity index (χ0v) is 7.31. The zero-order chi connectivity index (χ0) is 9.52. The van der Waals surface area contributed by atoms with E-state index in [0.29, 0.717) is 6.61 Å². The first kappa shape index (κ1) is 9.50. The summed E-state index contributed by atoms with van der Waals surface area (Å²) in [4.78, 5) is 0. The van der Waals surface area contributed by atoms with Crippen LogP contribution in [0.25, 0.3) is 0 Å². The van der Waals surface area contributed by atoms with Crippen LogP contribution in [0.1, 0.15) is 11.7 Å². The van der Waals surface area contributed by atoms with Crippen molar-refractivity contribution in [3.8, 4) is 6.07 Å². The standard InChI is InChI=1S/C11H11NO/c1-2-8-13-11(9-12)10-6-4-3-5-7-10/h2-7,11H,1,8H2/t11-/m1/s1. The molecule has 0 bridgehead atoms. The maximum absolute atomic E-state index is 8.80. The number of benzene rings is 1. The third-order valence-electron chi connectivity index (χ3n) is 1.60. The lowest BCUT2D eigenvalue weighted by molar-refractivity contribution is 0.115. The number of nitrogens with zero attached hydrogens (tertiary/aromatic N) is 1. The second-order valence-electron chi connectivity index (χ2n) is 2.54. The number of nitriles is 1. The zero-order valence-electron chi connectivity index (χ0n) is 7.31. The van der Waals surface area contributed by atoms with Gasteiger partial charge in [0.2, 0.25) is 0 Å². The molecule has 0 aliphatic rings. The molecule has 2 nitrogen and oxygen atoms in total. The molecule has 0 saturated carbocycles. The Hall–Kier alpha value is -1.59. The molecule has 0 unspecified atom stereocenters. The molecule has 13 heavy (non-hydrogen) atoms. The van der Waals surface area contributed by atoms with E-state index in [1.165, 1.54) is 0 Å². The second kappa shape index (κ2) is 5.13. The van der Waals surface area contributed by atoms with Crippen molar-refractivity contribution >= 4 is 0 Å². The van der Waals surface area contributed by atoms with Crippen LogP contribution >= 0.6 is 0 Å². The highest BCUT2D eigenvalue weighted by molar-refractivity contribution is 5.21. The maximum atomic E-state index is 8.80. The summed E-state index contributed by atoms with van der Waals surface area (Å²) in [5.74, 6) is 0. The van der Waals surface area contributed by atoms with Gasteiger partial charge in [-0.2, -0.15) is 5.26 Å². The number of rotatable bonds is 4. The van der Waals surface area contributed by atoms with Crippen molar-refractivity contribution in [2.45, 2.75) is 6.10 Å². The summed E-state index contributed by atoms with van der Waals surface area (Å²) in [5.41, 5.74) is 0.881. The van der Waals surface area contributed by atoms with Gasteiger partial charge in [0.25, 0.3) is 0 Å². The monoisotopic (exact) mass is 173 g/mol. The Morgan fingerprint density at radius 3 is 2.69 bits per heavy atom. The van der Waals surface area contributed by atoms with E-state index in [9.17, 15) is 0 Å². The first-order valence-electron chi connectivity index (χ1n) is 4.05. The molecule has 2 heteroatoms. The lowest BCUT2D eigenvalue weighted by Gasteiger charge is -2.08. The first-order valence-corrected chi connectivity index (χ1v) is 4.05. The lowest BCUT2D eigenvalue weighted by atomic mass is 10.1. The van der Waals surface area contributed by atoms with Gasteiger partial charge in [-0.3, -0.25) is 0 Å². The van der Waals surface area contributed by atoms with Crippen molar-refractivity contribution in [3.63, 3.8) is 0 Å². The average molecular weight is 173 g/mol. The van der Waals surface area contributed by atoms with Gasteiger partial charge >= 0.3 is 0 Å². The molecule has 0 saturated heterocycles. The number of ether oxygens (including phenoxy) is 1. The molecule has 0 aromatic heterocycles. The molecule has 66 valence electrons. The fraction of sp³-hybridized carbons (Fsp3) is 0.182. The normalized spacial score (nSPS) is 11.6. The predicted molar refractivity (Wildman–Crippen MR) is 50.9 cm³/mol. The Balaban J connectivity index is 2.68. The molecule has 0 radical (unpaired) electrons. The lowest BCUT2D eigenvalue weighted by Crippen LogP contribution is -2.01. The molecule has 1 rings (SSSR count). The third-order valence-corrected chi connectivity index (χ3v) is 1.60. The van der Waals surface area contributed by atoms with Crippen LogP contribution in [0.2, 0.25) is 0 Å². The Morgan fingerprint density at radius 1 is 1.46 bits per heavy atom. The largest absolute Gasteiger partial charge is 0.355 e. The average Bonchev–Trinajstić information content (AvgIpc) is 2.21. The summed E-state index contributed by atoms with van der Waals surface area (Å²) < 4.78 is 5.25. The quantitative estimate of drug-likeness (QED) is 0.655. The van der Waals surface area contributed by atoms with Crippen LogP contribution in [0.3, 0.4) is 0 Å². The topological polar surface area (TPSA) is 33.0 Å². The fourth-order valence-corrected chi connectivity index (χ4v) is 1.00. The van der Waals surface area contributed by atoms with Gasteiger partial charge in [0.05, 0.1) is 12.7 Å². The van der Waals surface area contributed by atoms with Crippen molar-refractivity contribution in [2.75, 3.05) is 6.61 Å². The molecule has 0 aliphatic carbocycles. The van der Waals surface area contributed by atoms with Crippen LogP contribution in [0, 0.1) is 11.3 Å². The predicted octanol–water partition coefficient (Wildman–Crippen LogP) is 2.45.